The van der Waals surface area contributed by atoms with Crippen LogP contribution in [-0.2, 0) is 17.8 Å². The fraction of sp³-hybridized carbons (Fsp3) is 0.350. The summed E-state index contributed by atoms with van der Waals surface area (Å²) in [4.78, 5) is 14.0. The molecule has 0 unspecified atom stereocenters. The van der Waals surface area contributed by atoms with E-state index >= 15 is 0 Å². The van der Waals surface area contributed by atoms with E-state index in [1.807, 2.05) is 0 Å². The standard InChI is InChI=1S/C20H23F2NO4/c1-26-15-7-6-14(19(12-15)27-2)13-23(10-11-24)20(25)9-8-16-17(21)4-3-5-18(16)22/h3-7,12,24H,8-11,13H2,1-2H3. The fourth-order valence-corrected chi connectivity index (χ4v) is 2.76. The molecular formula is C20H23F2NO4. The lowest BCUT2D eigenvalue weighted by molar-refractivity contribution is -0.132. The quantitative estimate of drug-likeness (QED) is 0.728. The van der Waals surface area contributed by atoms with Gasteiger partial charge < -0.3 is 19.5 Å². The van der Waals surface area contributed by atoms with Gasteiger partial charge in [-0.2, -0.15) is 0 Å². The number of nitrogens with zero attached hydrogens (tertiary/aromatic N) is 1. The summed E-state index contributed by atoms with van der Waals surface area (Å²) in [6.45, 7) is 0.0817. The Balaban J connectivity index is 2.11. The van der Waals surface area contributed by atoms with Crippen LogP contribution in [0.1, 0.15) is 17.5 Å². The maximum absolute atomic E-state index is 13.7. The molecule has 5 nitrogen and oxygen atoms in total. The summed E-state index contributed by atoms with van der Waals surface area (Å²) in [6, 6.07) is 8.82. The van der Waals surface area contributed by atoms with Crippen LogP contribution in [0.2, 0.25) is 0 Å². The van der Waals surface area contributed by atoms with Gasteiger partial charge in [0, 0.05) is 36.7 Å². The largest absolute Gasteiger partial charge is 0.497 e. The number of carbonyl (C=O) groups is 1. The molecule has 146 valence electrons. The lowest BCUT2D eigenvalue weighted by Gasteiger charge is -2.23. The van der Waals surface area contributed by atoms with E-state index in [-0.39, 0.29) is 44.0 Å². The molecule has 0 atom stereocenters. The lowest BCUT2D eigenvalue weighted by Crippen LogP contribution is -2.33. The average molecular weight is 379 g/mol. The summed E-state index contributed by atoms with van der Waals surface area (Å²) in [5.41, 5.74) is 0.619. The summed E-state index contributed by atoms with van der Waals surface area (Å²) in [7, 11) is 3.05. The highest BCUT2D eigenvalue weighted by atomic mass is 19.1. The fourth-order valence-electron chi connectivity index (χ4n) is 2.76. The van der Waals surface area contributed by atoms with E-state index in [4.69, 9.17) is 9.47 Å². The van der Waals surface area contributed by atoms with E-state index in [9.17, 15) is 18.7 Å². The van der Waals surface area contributed by atoms with Crippen LogP contribution >= 0.6 is 0 Å². The molecule has 7 heteroatoms. The Bertz CT molecular complexity index is 762. The van der Waals surface area contributed by atoms with E-state index in [0.717, 1.165) is 17.7 Å². The molecule has 1 N–H and O–H groups in total. The molecule has 0 saturated heterocycles. The van der Waals surface area contributed by atoms with Crippen molar-refractivity contribution in [3.63, 3.8) is 0 Å². The molecule has 0 heterocycles. The van der Waals surface area contributed by atoms with Crippen molar-refractivity contribution < 1.29 is 28.2 Å². The molecule has 0 aromatic heterocycles. The van der Waals surface area contributed by atoms with Gasteiger partial charge in [-0.1, -0.05) is 6.07 Å². The van der Waals surface area contributed by atoms with Crippen molar-refractivity contribution in [1.82, 2.24) is 4.90 Å². The van der Waals surface area contributed by atoms with Gasteiger partial charge in [0.25, 0.3) is 0 Å². The Hall–Kier alpha value is -2.67. The number of hydrogen-bond donors (Lipinski definition) is 1. The molecule has 2 aromatic rings. The van der Waals surface area contributed by atoms with Gasteiger partial charge >= 0.3 is 0 Å². The normalized spacial score (nSPS) is 10.6. The Morgan fingerprint density at radius 3 is 2.41 bits per heavy atom. The highest BCUT2D eigenvalue weighted by molar-refractivity contribution is 5.76. The molecular weight excluding hydrogens is 356 g/mol. The number of ether oxygens (including phenoxy) is 2. The van der Waals surface area contributed by atoms with Gasteiger partial charge in [0.2, 0.25) is 5.91 Å². The zero-order valence-corrected chi connectivity index (χ0v) is 15.4. The third-order valence-corrected chi connectivity index (χ3v) is 4.23. The molecule has 0 spiro atoms. The van der Waals surface area contributed by atoms with Gasteiger partial charge in [0.15, 0.2) is 0 Å². The van der Waals surface area contributed by atoms with Crippen LogP contribution in [0.15, 0.2) is 36.4 Å². The molecule has 0 fully saturated rings. The minimum atomic E-state index is -0.673. The number of hydrogen-bond acceptors (Lipinski definition) is 4. The summed E-state index contributed by atoms with van der Waals surface area (Å²) in [5, 5.41) is 9.28. The second-order valence-corrected chi connectivity index (χ2v) is 5.92. The van der Waals surface area contributed by atoms with Crippen LogP contribution in [0.3, 0.4) is 0 Å². The number of aliphatic hydroxyl groups excluding tert-OH is 1. The van der Waals surface area contributed by atoms with Crippen molar-refractivity contribution in [3.8, 4) is 11.5 Å². The van der Waals surface area contributed by atoms with Crippen molar-refractivity contribution in [3.05, 3.63) is 59.2 Å². The Morgan fingerprint density at radius 2 is 1.81 bits per heavy atom. The third kappa shape index (κ3) is 5.40. The highest BCUT2D eigenvalue weighted by Gasteiger charge is 2.18. The predicted molar refractivity (Wildman–Crippen MR) is 96.7 cm³/mol. The average Bonchev–Trinajstić information content (AvgIpc) is 2.67. The maximum Gasteiger partial charge on any atom is 0.223 e. The number of amides is 1. The number of halogens is 2. The van der Waals surface area contributed by atoms with Crippen LogP contribution in [0, 0.1) is 11.6 Å². The molecule has 0 radical (unpaired) electrons. The molecule has 0 bridgehead atoms. The molecule has 0 aliphatic heterocycles. The number of rotatable bonds is 9. The predicted octanol–water partition coefficient (Wildman–Crippen LogP) is 2.94. The van der Waals surface area contributed by atoms with Crippen LogP contribution < -0.4 is 9.47 Å². The summed E-state index contributed by atoms with van der Waals surface area (Å²) in [5.74, 6) is -0.498. The smallest absolute Gasteiger partial charge is 0.223 e. The van der Waals surface area contributed by atoms with Crippen LogP contribution in [-0.4, -0.2) is 43.3 Å². The van der Waals surface area contributed by atoms with Crippen molar-refractivity contribution >= 4 is 5.91 Å². The first kappa shape index (κ1) is 20.6. The van der Waals surface area contributed by atoms with Crippen molar-refractivity contribution in [2.45, 2.75) is 19.4 Å². The van der Waals surface area contributed by atoms with Crippen LogP contribution in [0.4, 0.5) is 8.78 Å². The highest BCUT2D eigenvalue weighted by Crippen LogP contribution is 2.26. The van der Waals surface area contributed by atoms with E-state index in [1.54, 1.807) is 18.2 Å². The van der Waals surface area contributed by atoms with Gasteiger partial charge in [0.05, 0.1) is 20.8 Å². The zero-order chi connectivity index (χ0) is 19.8. The first-order chi connectivity index (χ1) is 13.0. The molecule has 27 heavy (non-hydrogen) atoms. The van der Waals surface area contributed by atoms with Gasteiger partial charge in [-0.05, 0) is 30.7 Å². The van der Waals surface area contributed by atoms with Gasteiger partial charge in [-0.15, -0.1) is 0 Å². The summed E-state index contributed by atoms with van der Waals surface area (Å²) in [6.07, 6.45) is -0.130. The first-order valence-corrected chi connectivity index (χ1v) is 8.52. The van der Waals surface area contributed by atoms with Gasteiger partial charge in [-0.25, -0.2) is 8.78 Å². The van der Waals surface area contributed by atoms with Crippen molar-refractivity contribution in [1.29, 1.82) is 0 Å². The van der Waals surface area contributed by atoms with Gasteiger partial charge in [-0.3, -0.25) is 4.79 Å². The zero-order valence-electron chi connectivity index (χ0n) is 15.4. The lowest BCUT2D eigenvalue weighted by atomic mass is 10.1. The molecule has 2 aromatic carbocycles. The Morgan fingerprint density at radius 1 is 1.11 bits per heavy atom. The molecule has 2 rings (SSSR count). The second kappa shape index (κ2) is 9.87. The Labute approximate surface area is 157 Å². The molecule has 1 amide bonds. The summed E-state index contributed by atoms with van der Waals surface area (Å²) < 4.78 is 37.9. The van der Waals surface area contributed by atoms with Crippen LogP contribution in [0.25, 0.3) is 0 Å². The molecule has 0 aliphatic rings. The molecule has 0 aliphatic carbocycles. The first-order valence-electron chi connectivity index (χ1n) is 8.52. The minimum Gasteiger partial charge on any atom is -0.497 e. The maximum atomic E-state index is 13.7. The SMILES string of the molecule is COc1ccc(CN(CCO)C(=O)CCc2c(F)cccc2F)c(OC)c1. The van der Waals surface area contributed by atoms with E-state index in [0.29, 0.717) is 11.5 Å². The number of benzene rings is 2. The topological polar surface area (TPSA) is 59.0 Å². The van der Waals surface area contributed by atoms with E-state index in [2.05, 4.69) is 0 Å². The number of carbonyl (C=O) groups excluding carboxylic acids is 1. The number of methoxy groups -OCH3 is 2. The van der Waals surface area contributed by atoms with Crippen molar-refractivity contribution in [2.24, 2.45) is 0 Å². The van der Waals surface area contributed by atoms with E-state index < -0.39 is 11.6 Å². The monoisotopic (exact) mass is 379 g/mol. The van der Waals surface area contributed by atoms with Crippen LogP contribution in [0.5, 0.6) is 11.5 Å². The minimum absolute atomic E-state index is 0.0565. The Kier molecular flexibility index (Phi) is 7.55. The second-order valence-electron chi connectivity index (χ2n) is 5.92. The van der Waals surface area contributed by atoms with Crippen molar-refractivity contribution in [2.75, 3.05) is 27.4 Å². The molecule has 0 saturated carbocycles. The number of aliphatic hydroxyl groups is 1. The summed E-state index contributed by atoms with van der Waals surface area (Å²) >= 11 is 0. The van der Waals surface area contributed by atoms with Gasteiger partial charge in [0.1, 0.15) is 23.1 Å². The van der Waals surface area contributed by atoms with E-state index in [1.165, 1.54) is 25.2 Å². The third-order valence-electron chi connectivity index (χ3n) is 4.23.